The summed E-state index contributed by atoms with van der Waals surface area (Å²) in [7, 11) is 0. The summed E-state index contributed by atoms with van der Waals surface area (Å²) in [5.41, 5.74) is 6.45. The Labute approximate surface area is 99.3 Å². The zero-order chi connectivity index (χ0) is 11.5. The first-order valence-corrected chi connectivity index (χ1v) is 6.25. The lowest BCUT2D eigenvalue weighted by Crippen LogP contribution is -2.10. The fourth-order valence-corrected chi connectivity index (χ4v) is 2.43. The van der Waals surface area contributed by atoms with E-state index < -0.39 is 0 Å². The van der Waals surface area contributed by atoms with E-state index in [1.165, 1.54) is 9.71 Å². The summed E-state index contributed by atoms with van der Waals surface area (Å²) in [6.07, 6.45) is 0. The predicted molar refractivity (Wildman–Crippen MR) is 68.3 cm³/mol. The molecular weight excluding hydrogens is 220 g/mol. The second-order valence-corrected chi connectivity index (χ2v) is 5.04. The molecule has 0 aliphatic carbocycles. The van der Waals surface area contributed by atoms with Gasteiger partial charge in [-0.1, -0.05) is 13.8 Å². The topological polar surface area (TPSA) is 48.1 Å². The first-order valence-electron chi connectivity index (χ1n) is 5.44. The number of fused-ring (bicyclic) bond motifs is 1. The summed E-state index contributed by atoms with van der Waals surface area (Å²) in [6.45, 7) is 5.41. The minimum atomic E-state index is 0.478. The van der Waals surface area contributed by atoms with Gasteiger partial charge in [-0.3, -0.25) is 0 Å². The smallest absolute Gasteiger partial charge is 0.120 e. The molecule has 0 saturated carbocycles. The van der Waals surface area contributed by atoms with E-state index in [0.29, 0.717) is 19.1 Å². The summed E-state index contributed by atoms with van der Waals surface area (Å²) in [4.78, 5) is 4.57. The Morgan fingerprint density at radius 1 is 1.44 bits per heavy atom. The van der Waals surface area contributed by atoms with Crippen molar-refractivity contribution in [1.29, 1.82) is 0 Å². The summed E-state index contributed by atoms with van der Waals surface area (Å²) in [5, 5.41) is 1.17. The van der Waals surface area contributed by atoms with Crippen LogP contribution in [-0.4, -0.2) is 18.1 Å². The number of thiazole rings is 1. The van der Waals surface area contributed by atoms with Crippen molar-refractivity contribution < 1.29 is 4.74 Å². The van der Waals surface area contributed by atoms with Crippen molar-refractivity contribution in [3.63, 3.8) is 0 Å². The molecule has 0 bridgehead atoms. The highest BCUT2D eigenvalue weighted by atomic mass is 32.1. The van der Waals surface area contributed by atoms with E-state index in [0.717, 1.165) is 11.3 Å². The van der Waals surface area contributed by atoms with Crippen LogP contribution in [-0.2, 0) is 0 Å². The normalized spacial score (nSPS) is 11.2. The van der Waals surface area contributed by atoms with Crippen molar-refractivity contribution in [2.24, 2.45) is 5.73 Å². The Morgan fingerprint density at radius 2 is 2.25 bits per heavy atom. The highest BCUT2D eigenvalue weighted by Gasteiger charge is 2.07. The van der Waals surface area contributed by atoms with E-state index in [-0.39, 0.29) is 0 Å². The molecule has 0 spiro atoms. The van der Waals surface area contributed by atoms with Crippen molar-refractivity contribution >= 4 is 21.6 Å². The van der Waals surface area contributed by atoms with Gasteiger partial charge in [0.15, 0.2) is 0 Å². The average Bonchev–Trinajstić information content (AvgIpc) is 2.69. The van der Waals surface area contributed by atoms with E-state index in [1.54, 1.807) is 11.3 Å². The number of nitrogens with zero attached hydrogens (tertiary/aromatic N) is 1. The Morgan fingerprint density at radius 3 is 2.94 bits per heavy atom. The third kappa shape index (κ3) is 2.33. The summed E-state index contributed by atoms with van der Waals surface area (Å²) in [6, 6.07) is 5.99. The Kier molecular flexibility index (Phi) is 3.41. The molecule has 0 unspecified atom stereocenters. The number of ether oxygens (including phenoxy) is 1. The second kappa shape index (κ2) is 4.80. The molecule has 2 aromatic rings. The van der Waals surface area contributed by atoms with Crippen LogP contribution >= 0.6 is 11.3 Å². The zero-order valence-corrected chi connectivity index (χ0v) is 10.4. The molecule has 0 aliphatic heterocycles. The van der Waals surface area contributed by atoms with Crippen LogP contribution in [0, 0.1) is 0 Å². The maximum absolute atomic E-state index is 5.49. The predicted octanol–water partition coefficient (Wildman–Crippen LogP) is 2.76. The third-order valence-corrected chi connectivity index (χ3v) is 3.58. The van der Waals surface area contributed by atoms with E-state index >= 15 is 0 Å². The van der Waals surface area contributed by atoms with Crippen LogP contribution in [0.1, 0.15) is 24.8 Å². The fraction of sp³-hybridized carbons (Fsp3) is 0.417. The molecule has 0 fully saturated rings. The lowest BCUT2D eigenvalue weighted by atomic mass is 10.2. The molecule has 0 saturated heterocycles. The number of nitrogens with two attached hydrogens (primary N) is 1. The van der Waals surface area contributed by atoms with Gasteiger partial charge in [-0.05, 0) is 18.2 Å². The molecule has 3 nitrogen and oxygen atoms in total. The molecular formula is C12H16N2OS. The van der Waals surface area contributed by atoms with Gasteiger partial charge in [0, 0.05) is 12.5 Å². The fourth-order valence-electron chi connectivity index (χ4n) is 1.44. The standard InChI is InChI=1S/C12H16N2OS/c1-8(2)12-14-10-4-3-9(15-6-5-13)7-11(10)16-12/h3-4,7-8H,5-6,13H2,1-2H3. The number of aromatic nitrogens is 1. The van der Waals surface area contributed by atoms with Gasteiger partial charge in [0.05, 0.1) is 15.2 Å². The number of hydrogen-bond acceptors (Lipinski definition) is 4. The van der Waals surface area contributed by atoms with Crippen LogP contribution in [0.15, 0.2) is 18.2 Å². The molecule has 16 heavy (non-hydrogen) atoms. The SMILES string of the molecule is CC(C)c1nc2ccc(OCCN)cc2s1. The molecule has 1 heterocycles. The molecule has 0 amide bonds. The lowest BCUT2D eigenvalue weighted by Gasteiger charge is -2.02. The van der Waals surface area contributed by atoms with Crippen molar-refractivity contribution in [2.45, 2.75) is 19.8 Å². The molecule has 0 atom stereocenters. The quantitative estimate of drug-likeness (QED) is 0.888. The van der Waals surface area contributed by atoms with Gasteiger partial charge in [-0.2, -0.15) is 0 Å². The van der Waals surface area contributed by atoms with E-state index in [1.807, 2.05) is 18.2 Å². The van der Waals surface area contributed by atoms with E-state index in [9.17, 15) is 0 Å². The number of benzene rings is 1. The van der Waals surface area contributed by atoms with Crippen molar-refractivity contribution in [3.8, 4) is 5.75 Å². The number of hydrogen-bond donors (Lipinski definition) is 1. The Balaban J connectivity index is 2.30. The van der Waals surface area contributed by atoms with Crippen molar-refractivity contribution in [2.75, 3.05) is 13.2 Å². The van der Waals surface area contributed by atoms with Gasteiger partial charge in [-0.25, -0.2) is 4.98 Å². The number of rotatable bonds is 4. The van der Waals surface area contributed by atoms with E-state index in [4.69, 9.17) is 10.5 Å². The minimum Gasteiger partial charge on any atom is -0.492 e. The van der Waals surface area contributed by atoms with Gasteiger partial charge < -0.3 is 10.5 Å². The third-order valence-electron chi connectivity index (χ3n) is 2.26. The van der Waals surface area contributed by atoms with Crippen LogP contribution in [0.3, 0.4) is 0 Å². The highest BCUT2D eigenvalue weighted by molar-refractivity contribution is 7.18. The van der Waals surface area contributed by atoms with Gasteiger partial charge in [0.25, 0.3) is 0 Å². The molecule has 86 valence electrons. The van der Waals surface area contributed by atoms with Crippen LogP contribution in [0.25, 0.3) is 10.2 Å². The second-order valence-electron chi connectivity index (χ2n) is 3.97. The molecule has 2 rings (SSSR count). The summed E-state index contributed by atoms with van der Waals surface area (Å²) in [5.74, 6) is 1.35. The highest BCUT2D eigenvalue weighted by Crippen LogP contribution is 2.29. The van der Waals surface area contributed by atoms with E-state index in [2.05, 4.69) is 18.8 Å². The molecule has 2 N–H and O–H groups in total. The van der Waals surface area contributed by atoms with Crippen LogP contribution < -0.4 is 10.5 Å². The Hall–Kier alpha value is -1.13. The summed E-state index contributed by atoms with van der Waals surface area (Å²) >= 11 is 1.73. The zero-order valence-electron chi connectivity index (χ0n) is 9.56. The average molecular weight is 236 g/mol. The van der Waals surface area contributed by atoms with Gasteiger partial charge in [0.2, 0.25) is 0 Å². The molecule has 0 radical (unpaired) electrons. The van der Waals surface area contributed by atoms with Crippen molar-refractivity contribution in [3.05, 3.63) is 23.2 Å². The molecule has 0 aliphatic rings. The molecule has 4 heteroatoms. The monoisotopic (exact) mass is 236 g/mol. The largest absolute Gasteiger partial charge is 0.492 e. The van der Waals surface area contributed by atoms with Gasteiger partial charge >= 0.3 is 0 Å². The lowest BCUT2D eigenvalue weighted by molar-refractivity contribution is 0.329. The van der Waals surface area contributed by atoms with Crippen molar-refractivity contribution in [1.82, 2.24) is 4.98 Å². The van der Waals surface area contributed by atoms with Gasteiger partial charge in [-0.15, -0.1) is 11.3 Å². The van der Waals surface area contributed by atoms with Crippen LogP contribution in [0.2, 0.25) is 0 Å². The van der Waals surface area contributed by atoms with Gasteiger partial charge in [0.1, 0.15) is 12.4 Å². The van der Waals surface area contributed by atoms with Crippen LogP contribution in [0.4, 0.5) is 0 Å². The molecule has 1 aromatic heterocycles. The minimum absolute atomic E-state index is 0.478. The first-order chi connectivity index (χ1) is 7.70. The van der Waals surface area contributed by atoms with Crippen LogP contribution in [0.5, 0.6) is 5.75 Å². The summed E-state index contributed by atoms with van der Waals surface area (Å²) < 4.78 is 6.67. The first kappa shape index (κ1) is 11.4. The maximum atomic E-state index is 5.49. The Bertz CT molecular complexity index is 479. The maximum Gasteiger partial charge on any atom is 0.120 e. The molecule has 1 aromatic carbocycles.